The van der Waals surface area contributed by atoms with Crippen molar-refractivity contribution in [3.8, 4) is 0 Å². The van der Waals surface area contributed by atoms with Crippen LogP contribution in [0.4, 0.5) is 0 Å². The Bertz CT molecular complexity index is 504. The maximum atomic E-state index is 12.1. The monoisotopic (exact) mass is 290 g/mol. The quantitative estimate of drug-likeness (QED) is 0.826. The molecule has 3 rings (SSSR count). The van der Waals surface area contributed by atoms with E-state index in [1.165, 1.54) is 5.56 Å². The molecule has 3 atom stereocenters. The van der Waals surface area contributed by atoms with Crippen LogP contribution in [0.3, 0.4) is 0 Å². The summed E-state index contributed by atoms with van der Waals surface area (Å²) in [5, 5.41) is 2.95. The van der Waals surface area contributed by atoms with Gasteiger partial charge in [-0.25, -0.2) is 0 Å². The molecular formula is C16H22N2O3. The lowest BCUT2D eigenvalue weighted by Gasteiger charge is -2.17. The van der Waals surface area contributed by atoms with Gasteiger partial charge in [0.15, 0.2) is 5.79 Å². The fourth-order valence-electron chi connectivity index (χ4n) is 2.61. The molecule has 0 saturated carbocycles. The molecule has 2 fully saturated rings. The van der Waals surface area contributed by atoms with E-state index in [2.05, 4.69) is 22.3 Å². The Hall–Kier alpha value is -1.43. The number of nitrogens with one attached hydrogen (secondary N) is 1. The fourth-order valence-corrected chi connectivity index (χ4v) is 2.61. The highest BCUT2D eigenvalue weighted by Gasteiger charge is 2.40. The molecule has 1 aromatic carbocycles. The van der Waals surface area contributed by atoms with Gasteiger partial charge in [-0.1, -0.05) is 30.3 Å². The molecule has 3 unspecified atom stereocenters. The lowest BCUT2D eigenvalue weighted by Crippen LogP contribution is -2.37. The van der Waals surface area contributed by atoms with Gasteiger partial charge in [0.25, 0.3) is 0 Å². The average molecular weight is 290 g/mol. The predicted octanol–water partition coefficient (Wildman–Crippen LogP) is 1.14. The van der Waals surface area contributed by atoms with Crippen molar-refractivity contribution in [2.45, 2.75) is 38.3 Å². The number of rotatable bonds is 5. The van der Waals surface area contributed by atoms with Crippen molar-refractivity contribution in [1.29, 1.82) is 0 Å². The number of carbonyl (C=O) groups excluding carboxylic acids is 1. The molecule has 0 spiro atoms. The number of hydrogen-bond donors (Lipinski definition) is 1. The lowest BCUT2D eigenvalue weighted by molar-refractivity contribution is -0.139. The van der Waals surface area contributed by atoms with Crippen molar-refractivity contribution in [2.75, 3.05) is 19.7 Å². The Morgan fingerprint density at radius 1 is 1.38 bits per heavy atom. The molecule has 1 amide bonds. The number of benzene rings is 1. The minimum atomic E-state index is -0.533. The van der Waals surface area contributed by atoms with Crippen LogP contribution in [0.1, 0.15) is 19.4 Å². The molecule has 2 saturated heterocycles. The van der Waals surface area contributed by atoms with Gasteiger partial charge in [-0.15, -0.1) is 0 Å². The van der Waals surface area contributed by atoms with Gasteiger partial charge in [0.2, 0.25) is 5.91 Å². The zero-order chi connectivity index (χ0) is 14.9. The van der Waals surface area contributed by atoms with Crippen molar-refractivity contribution >= 4 is 5.91 Å². The van der Waals surface area contributed by atoms with E-state index in [4.69, 9.17) is 9.47 Å². The molecule has 0 bridgehead atoms. The van der Waals surface area contributed by atoms with Crippen LogP contribution in [-0.4, -0.2) is 48.4 Å². The first-order valence-corrected chi connectivity index (χ1v) is 7.41. The first-order chi connectivity index (χ1) is 10.0. The summed E-state index contributed by atoms with van der Waals surface area (Å²) in [6, 6.07) is 10.2. The summed E-state index contributed by atoms with van der Waals surface area (Å²) in [6.45, 7) is 6.47. The highest BCUT2D eigenvalue weighted by molar-refractivity contribution is 5.84. The van der Waals surface area contributed by atoms with E-state index < -0.39 is 5.79 Å². The second kappa shape index (κ2) is 5.75. The van der Waals surface area contributed by atoms with Gasteiger partial charge in [-0.3, -0.25) is 9.69 Å². The summed E-state index contributed by atoms with van der Waals surface area (Å²) >= 11 is 0. The van der Waals surface area contributed by atoms with E-state index in [1.807, 2.05) is 32.0 Å². The number of amides is 1. The van der Waals surface area contributed by atoms with Gasteiger partial charge in [-0.2, -0.15) is 0 Å². The van der Waals surface area contributed by atoms with Crippen molar-refractivity contribution in [1.82, 2.24) is 10.2 Å². The molecule has 1 aromatic rings. The van der Waals surface area contributed by atoms with E-state index in [0.29, 0.717) is 13.2 Å². The zero-order valence-electron chi connectivity index (χ0n) is 12.5. The Balaban J connectivity index is 1.40. The smallest absolute Gasteiger partial charge is 0.238 e. The minimum Gasteiger partial charge on any atom is -0.352 e. The van der Waals surface area contributed by atoms with Crippen LogP contribution >= 0.6 is 0 Å². The molecule has 1 N–H and O–H groups in total. The molecule has 5 nitrogen and oxygen atoms in total. The predicted molar refractivity (Wildman–Crippen MR) is 78.6 cm³/mol. The van der Waals surface area contributed by atoms with E-state index in [9.17, 15) is 4.79 Å². The number of hydrogen-bond acceptors (Lipinski definition) is 4. The second-order valence-corrected chi connectivity index (χ2v) is 6.13. The Morgan fingerprint density at radius 2 is 2.14 bits per heavy atom. The van der Waals surface area contributed by atoms with Crippen LogP contribution in [0.2, 0.25) is 0 Å². The first-order valence-electron chi connectivity index (χ1n) is 7.41. The van der Waals surface area contributed by atoms with E-state index >= 15 is 0 Å². The molecule has 2 aliphatic heterocycles. The third-order valence-corrected chi connectivity index (χ3v) is 3.82. The maximum Gasteiger partial charge on any atom is 0.238 e. The van der Waals surface area contributed by atoms with Gasteiger partial charge < -0.3 is 14.8 Å². The van der Waals surface area contributed by atoms with Crippen LogP contribution in [0.25, 0.3) is 0 Å². The van der Waals surface area contributed by atoms with Crippen molar-refractivity contribution in [2.24, 2.45) is 0 Å². The summed E-state index contributed by atoms with van der Waals surface area (Å²) in [6.07, 6.45) is -0.0507. The van der Waals surface area contributed by atoms with Gasteiger partial charge in [0, 0.05) is 19.6 Å². The summed E-state index contributed by atoms with van der Waals surface area (Å²) < 4.78 is 11.1. The van der Waals surface area contributed by atoms with Crippen molar-refractivity contribution in [3.05, 3.63) is 35.9 Å². The maximum absolute atomic E-state index is 12.1. The topological polar surface area (TPSA) is 50.6 Å². The molecule has 0 aromatic heterocycles. The zero-order valence-corrected chi connectivity index (χ0v) is 12.5. The first kappa shape index (κ1) is 14.5. The number of carbonyl (C=O) groups is 1. The standard InChI is InChI=1S/C16H22N2O3/c1-16(2)20-11-13(21-16)8-17-15(19)14-10-18(14)9-12-6-4-3-5-7-12/h3-7,13-14H,8-11H2,1-2H3,(H,17,19). The average Bonchev–Trinajstić information content (AvgIpc) is 3.13. The largest absolute Gasteiger partial charge is 0.352 e. The summed E-state index contributed by atoms with van der Waals surface area (Å²) in [5.74, 6) is -0.451. The third-order valence-electron chi connectivity index (χ3n) is 3.82. The minimum absolute atomic E-state index is 0.000498. The highest BCUT2D eigenvalue weighted by Crippen LogP contribution is 2.23. The van der Waals surface area contributed by atoms with Gasteiger partial charge >= 0.3 is 0 Å². The molecular weight excluding hydrogens is 268 g/mol. The highest BCUT2D eigenvalue weighted by atomic mass is 16.7. The van der Waals surface area contributed by atoms with Gasteiger partial charge in [-0.05, 0) is 19.4 Å². The van der Waals surface area contributed by atoms with Crippen LogP contribution in [0.5, 0.6) is 0 Å². The lowest BCUT2D eigenvalue weighted by atomic mass is 10.2. The van der Waals surface area contributed by atoms with E-state index in [-0.39, 0.29) is 18.1 Å². The van der Waals surface area contributed by atoms with Crippen molar-refractivity contribution in [3.63, 3.8) is 0 Å². The summed E-state index contributed by atoms with van der Waals surface area (Å²) in [4.78, 5) is 14.2. The van der Waals surface area contributed by atoms with Crippen LogP contribution < -0.4 is 5.32 Å². The third kappa shape index (κ3) is 3.81. The molecule has 2 heterocycles. The Labute approximate surface area is 125 Å². The molecule has 2 aliphatic rings. The SMILES string of the molecule is CC1(C)OCC(CNC(=O)C2CN2Cc2ccccc2)O1. The number of ether oxygens (including phenoxy) is 2. The normalized spacial score (nSPS) is 30.1. The van der Waals surface area contributed by atoms with Crippen molar-refractivity contribution < 1.29 is 14.3 Å². The van der Waals surface area contributed by atoms with Crippen LogP contribution in [0, 0.1) is 0 Å². The van der Waals surface area contributed by atoms with Gasteiger partial charge in [0.1, 0.15) is 12.1 Å². The molecule has 0 aliphatic carbocycles. The van der Waals surface area contributed by atoms with Crippen LogP contribution in [0.15, 0.2) is 30.3 Å². The molecule has 114 valence electrons. The summed E-state index contributed by atoms with van der Waals surface area (Å²) in [5.41, 5.74) is 1.24. The second-order valence-electron chi connectivity index (χ2n) is 6.13. The molecule has 5 heteroatoms. The van der Waals surface area contributed by atoms with E-state index in [1.54, 1.807) is 0 Å². The van der Waals surface area contributed by atoms with Gasteiger partial charge in [0.05, 0.1) is 6.61 Å². The van der Waals surface area contributed by atoms with Crippen LogP contribution in [-0.2, 0) is 20.8 Å². The Kier molecular flexibility index (Phi) is 3.97. The van der Waals surface area contributed by atoms with E-state index in [0.717, 1.165) is 13.1 Å². The summed E-state index contributed by atoms with van der Waals surface area (Å²) in [7, 11) is 0. The number of nitrogens with zero attached hydrogens (tertiary/aromatic N) is 1. The Morgan fingerprint density at radius 3 is 2.81 bits per heavy atom. The molecule has 21 heavy (non-hydrogen) atoms. The fraction of sp³-hybridized carbons (Fsp3) is 0.562. The molecule has 0 radical (unpaired) electrons.